The molecule has 2 heteroatoms. The quantitative estimate of drug-likeness (QED) is 0.700. The van der Waals surface area contributed by atoms with Crippen LogP contribution in [-0.2, 0) is 0 Å². The summed E-state index contributed by atoms with van der Waals surface area (Å²) in [4.78, 5) is 0. The Hall–Kier alpha value is -1.05. The van der Waals surface area contributed by atoms with E-state index < -0.39 is 0 Å². The van der Waals surface area contributed by atoms with Crippen LogP contribution >= 0.6 is 0 Å². The molecule has 0 amide bonds. The van der Waals surface area contributed by atoms with Crippen LogP contribution < -0.4 is 5.32 Å². The van der Waals surface area contributed by atoms with Gasteiger partial charge < -0.3 is 5.32 Å². The zero-order valence-corrected chi connectivity index (χ0v) is 8.61. The highest BCUT2D eigenvalue weighted by molar-refractivity contribution is 5.47. The lowest BCUT2D eigenvalue weighted by molar-refractivity contribution is 0.617. The minimum absolute atomic E-state index is 0.0275. The van der Waals surface area contributed by atoms with Crippen molar-refractivity contribution in [2.45, 2.75) is 33.2 Å². The van der Waals surface area contributed by atoms with E-state index in [-0.39, 0.29) is 11.4 Å². The van der Waals surface area contributed by atoms with Gasteiger partial charge in [-0.25, -0.2) is 4.39 Å². The first-order valence-electron chi connectivity index (χ1n) is 4.42. The molecule has 1 aromatic rings. The highest BCUT2D eigenvalue weighted by atomic mass is 19.1. The third-order valence-electron chi connectivity index (χ3n) is 1.56. The van der Waals surface area contributed by atoms with E-state index >= 15 is 0 Å². The Labute approximate surface area is 79.0 Å². The lowest BCUT2D eigenvalue weighted by Crippen LogP contribution is -2.26. The molecule has 1 nitrogen and oxygen atoms in total. The molecule has 1 aromatic carbocycles. The summed E-state index contributed by atoms with van der Waals surface area (Å²) in [5.41, 5.74) is 1.75. The molecule has 0 aromatic heterocycles. The smallest absolute Gasteiger partial charge is 0.125 e. The van der Waals surface area contributed by atoms with Crippen LogP contribution in [-0.4, -0.2) is 5.54 Å². The minimum atomic E-state index is -0.188. The van der Waals surface area contributed by atoms with Crippen molar-refractivity contribution in [3.63, 3.8) is 0 Å². The van der Waals surface area contributed by atoms with E-state index in [1.54, 1.807) is 0 Å². The molecule has 0 heterocycles. The molecule has 1 rings (SSSR count). The Morgan fingerprint density at radius 2 is 1.77 bits per heavy atom. The van der Waals surface area contributed by atoms with E-state index in [1.807, 2.05) is 33.8 Å². The van der Waals surface area contributed by atoms with Gasteiger partial charge in [-0.2, -0.15) is 0 Å². The van der Waals surface area contributed by atoms with Gasteiger partial charge in [0.2, 0.25) is 0 Å². The lowest BCUT2D eigenvalue weighted by atomic mass is 10.1. The summed E-state index contributed by atoms with van der Waals surface area (Å²) in [6, 6.07) is 4.97. The predicted octanol–water partition coefficient (Wildman–Crippen LogP) is 3.34. The van der Waals surface area contributed by atoms with Crippen molar-refractivity contribution < 1.29 is 4.39 Å². The second kappa shape index (κ2) is 3.36. The Morgan fingerprint density at radius 1 is 1.15 bits per heavy atom. The van der Waals surface area contributed by atoms with Gasteiger partial charge in [0.25, 0.3) is 0 Å². The van der Waals surface area contributed by atoms with Crippen LogP contribution in [0.25, 0.3) is 0 Å². The number of halogens is 1. The molecule has 13 heavy (non-hydrogen) atoms. The summed E-state index contributed by atoms with van der Waals surface area (Å²) in [7, 11) is 0. The zero-order valence-electron chi connectivity index (χ0n) is 8.61. The Bertz CT molecular complexity index is 279. The number of benzene rings is 1. The SMILES string of the molecule is Cc1cc(F)cc(NC(C)(C)C)c1. The van der Waals surface area contributed by atoms with Crippen molar-refractivity contribution in [3.8, 4) is 0 Å². The van der Waals surface area contributed by atoms with Crippen LogP contribution in [0.2, 0.25) is 0 Å². The first kappa shape index (κ1) is 10.0. The monoisotopic (exact) mass is 181 g/mol. The van der Waals surface area contributed by atoms with Crippen molar-refractivity contribution in [2.75, 3.05) is 5.32 Å². The Morgan fingerprint density at radius 3 is 2.23 bits per heavy atom. The fourth-order valence-corrected chi connectivity index (χ4v) is 1.24. The van der Waals surface area contributed by atoms with Crippen LogP contribution in [0.4, 0.5) is 10.1 Å². The molecule has 0 aliphatic rings. The average molecular weight is 181 g/mol. The van der Waals surface area contributed by atoms with Gasteiger partial charge in [-0.15, -0.1) is 0 Å². The summed E-state index contributed by atoms with van der Waals surface area (Å²) in [6.07, 6.45) is 0. The fourth-order valence-electron chi connectivity index (χ4n) is 1.24. The van der Waals surface area contributed by atoms with Gasteiger partial charge in [0.15, 0.2) is 0 Å². The van der Waals surface area contributed by atoms with Crippen molar-refractivity contribution in [1.82, 2.24) is 0 Å². The van der Waals surface area contributed by atoms with Gasteiger partial charge in [-0.1, -0.05) is 0 Å². The molecule has 0 saturated heterocycles. The highest BCUT2D eigenvalue weighted by Crippen LogP contribution is 2.17. The lowest BCUT2D eigenvalue weighted by Gasteiger charge is -2.22. The Kier molecular flexibility index (Phi) is 2.60. The van der Waals surface area contributed by atoms with Crippen molar-refractivity contribution in [3.05, 3.63) is 29.6 Å². The van der Waals surface area contributed by atoms with Gasteiger partial charge in [0.1, 0.15) is 5.82 Å². The third kappa shape index (κ3) is 3.45. The number of aryl methyl sites for hydroxylation is 1. The molecule has 0 aliphatic heterocycles. The first-order valence-corrected chi connectivity index (χ1v) is 4.42. The standard InChI is InChI=1S/C11H16FN/c1-8-5-9(12)7-10(6-8)13-11(2,3)4/h5-7,13H,1-4H3. The topological polar surface area (TPSA) is 12.0 Å². The van der Waals surface area contributed by atoms with Crippen LogP contribution in [0.1, 0.15) is 26.3 Å². The molecular formula is C11H16FN. The second-order valence-electron chi connectivity index (χ2n) is 4.39. The fraction of sp³-hybridized carbons (Fsp3) is 0.455. The molecule has 0 atom stereocenters. The molecule has 0 aliphatic carbocycles. The molecule has 0 spiro atoms. The van der Waals surface area contributed by atoms with E-state index in [2.05, 4.69) is 5.32 Å². The van der Waals surface area contributed by atoms with Gasteiger partial charge in [-0.3, -0.25) is 0 Å². The average Bonchev–Trinajstić information content (AvgIpc) is 1.78. The van der Waals surface area contributed by atoms with Gasteiger partial charge in [0, 0.05) is 11.2 Å². The summed E-state index contributed by atoms with van der Waals surface area (Å²) in [5.74, 6) is -0.188. The van der Waals surface area contributed by atoms with Gasteiger partial charge in [-0.05, 0) is 51.5 Å². The second-order valence-corrected chi connectivity index (χ2v) is 4.39. The summed E-state index contributed by atoms with van der Waals surface area (Å²) < 4.78 is 13.0. The molecule has 1 N–H and O–H groups in total. The molecule has 0 unspecified atom stereocenters. The van der Waals surface area contributed by atoms with Crippen molar-refractivity contribution >= 4 is 5.69 Å². The van der Waals surface area contributed by atoms with E-state index in [1.165, 1.54) is 12.1 Å². The first-order chi connectivity index (χ1) is 5.87. The van der Waals surface area contributed by atoms with Crippen LogP contribution in [0, 0.1) is 12.7 Å². The van der Waals surface area contributed by atoms with E-state index in [0.717, 1.165) is 11.3 Å². The minimum Gasteiger partial charge on any atom is -0.380 e. The number of anilines is 1. The predicted molar refractivity (Wildman–Crippen MR) is 54.5 cm³/mol. The van der Waals surface area contributed by atoms with E-state index in [0.29, 0.717) is 0 Å². The van der Waals surface area contributed by atoms with Crippen LogP contribution in [0.3, 0.4) is 0 Å². The largest absolute Gasteiger partial charge is 0.380 e. The summed E-state index contributed by atoms with van der Waals surface area (Å²) >= 11 is 0. The number of hydrogen-bond acceptors (Lipinski definition) is 1. The number of hydrogen-bond donors (Lipinski definition) is 1. The van der Waals surface area contributed by atoms with Crippen LogP contribution in [0.15, 0.2) is 18.2 Å². The summed E-state index contributed by atoms with van der Waals surface area (Å²) in [5, 5.41) is 3.22. The van der Waals surface area contributed by atoms with Gasteiger partial charge in [0.05, 0.1) is 0 Å². The molecule has 0 fully saturated rings. The maximum atomic E-state index is 13.0. The number of nitrogens with one attached hydrogen (secondary N) is 1. The summed E-state index contributed by atoms with van der Waals surface area (Å²) in [6.45, 7) is 8.03. The van der Waals surface area contributed by atoms with Crippen molar-refractivity contribution in [2.24, 2.45) is 0 Å². The van der Waals surface area contributed by atoms with Crippen LogP contribution in [0.5, 0.6) is 0 Å². The third-order valence-corrected chi connectivity index (χ3v) is 1.56. The van der Waals surface area contributed by atoms with Crippen molar-refractivity contribution in [1.29, 1.82) is 0 Å². The zero-order chi connectivity index (χ0) is 10.1. The molecule has 72 valence electrons. The Balaban J connectivity index is 2.90. The molecule has 0 saturated carbocycles. The molecular weight excluding hydrogens is 165 g/mol. The maximum absolute atomic E-state index is 13.0. The van der Waals surface area contributed by atoms with Gasteiger partial charge >= 0.3 is 0 Å². The van der Waals surface area contributed by atoms with E-state index in [4.69, 9.17) is 0 Å². The number of rotatable bonds is 1. The molecule has 0 radical (unpaired) electrons. The highest BCUT2D eigenvalue weighted by Gasteiger charge is 2.09. The normalized spacial score (nSPS) is 11.5. The molecule has 0 bridgehead atoms. The van der Waals surface area contributed by atoms with E-state index in [9.17, 15) is 4.39 Å². The maximum Gasteiger partial charge on any atom is 0.125 e.